The highest BCUT2D eigenvalue weighted by atomic mass is 16.4. The zero-order valence-electron chi connectivity index (χ0n) is 12.5. The zero-order chi connectivity index (χ0) is 15.5. The number of carboxylic acids is 1. The largest absolute Gasteiger partial charge is 0.480 e. The van der Waals surface area contributed by atoms with E-state index in [4.69, 9.17) is 0 Å². The van der Waals surface area contributed by atoms with Crippen molar-refractivity contribution in [3.63, 3.8) is 0 Å². The third kappa shape index (κ3) is 2.72. The van der Waals surface area contributed by atoms with Crippen molar-refractivity contribution in [2.24, 2.45) is 0 Å². The Morgan fingerprint density at radius 3 is 2.86 bits per heavy atom. The maximum Gasteiger partial charge on any atom is 0.320 e. The third-order valence-corrected chi connectivity index (χ3v) is 4.22. The van der Waals surface area contributed by atoms with Gasteiger partial charge >= 0.3 is 5.97 Å². The standard InChI is InChI=1S/C17H19N3O2/c1-12-5-2-9-19-15(12)16(13-6-3-8-18-11-13)20-10-4-7-14(20)17(21)22/h2-3,5-6,8-9,11,14,16H,4,7,10H2,1H3,(H,21,22). The van der Waals surface area contributed by atoms with Crippen molar-refractivity contribution in [3.05, 3.63) is 59.7 Å². The number of aryl methyl sites for hydroxylation is 1. The molecule has 1 N–H and O–H groups in total. The fourth-order valence-electron chi connectivity index (χ4n) is 3.19. The normalized spacial score (nSPS) is 20.0. The highest BCUT2D eigenvalue weighted by Crippen LogP contribution is 2.34. The van der Waals surface area contributed by atoms with Gasteiger partial charge in [-0.25, -0.2) is 0 Å². The number of carboxylic acid groups (broad SMARTS) is 1. The van der Waals surface area contributed by atoms with E-state index in [1.165, 1.54) is 0 Å². The van der Waals surface area contributed by atoms with Crippen molar-refractivity contribution < 1.29 is 9.90 Å². The molecule has 3 heterocycles. The van der Waals surface area contributed by atoms with E-state index in [0.717, 1.165) is 29.8 Å². The number of hydrogen-bond donors (Lipinski definition) is 1. The molecule has 114 valence electrons. The van der Waals surface area contributed by atoms with Gasteiger partial charge in [0.05, 0.1) is 11.7 Å². The second-order valence-electron chi connectivity index (χ2n) is 5.63. The highest BCUT2D eigenvalue weighted by Gasteiger charge is 2.37. The number of carbonyl (C=O) groups is 1. The first-order chi connectivity index (χ1) is 10.7. The van der Waals surface area contributed by atoms with E-state index >= 15 is 0 Å². The average Bonchev–Trinajstić information content (AvgIpc) is 3.00. The molecule has 1 fully saturated rings. The smallest absolute Gasteiger partial charge is 0.320 e. The van der Waals surface area contributed by atoms with Crippen LogP contribution in [0.25, 0.3) is 0 Å². The molecule has 0 aliphatic carbocycles. The molecule has 0 amide bonds. The van der Waals surface area contributed by atoms with Gasteiger partial charge < -0.3 is 5.11 Å². The van der Waals surface area contributed by atoms with Crippen LogP contribution in [0.5, 0.6) is 0 Å². The Kier molecular flexibility index (Phi) is 4.15. The lowest BCUT2D eigenvalue weighted by atomic mass is 9.99. The summed E-state index contributed by atoms with van der Waals surface area (Å²) in [5.74, 6) is -0.764. The molecule has 1 aliphatic heterocycles. The quantitative estimate of drug-likeness (QED) is 0.939. The van der Waals surface area contributed by atoms with E-state index in [9.17, 15) is 9.90 Å². The maximum atomic E-state index is 11.6. The van der Waals surface area contributed by atoms with Gasteiger partial charge in [-0.15, -0.1) is 0 Å². The molecular formula is C17H19N3O2. The lowest BCUT2D eigenvalue weighted by Gasteiger charge is -2.31. The first-order valence-corrected chi connectivity index (χ1v) is 7.48. The fraction of sp³-hybridized carbons (Fsp3) is 0.353. The first-order valence-electron chi connectivity index (χ1n) is 7.48. The lowest BCUT2D eigenvalue weighted by molar-refractivity contribution is -0.142. The lowest BCUT2D eigenvalue weighted by Crippen LogP contribution is -2.39. The molecule has 0 aromatic carbocycles. The Labute approximate surface area is 129 Å². The van der Waals surface area contributed by atoms with Crippen LogP contribution in [0, 0.1) is 6.92 Å². The highest BCUT2D eigenvalue weighted by molar-refractivity contribution is 5.74. The summed E-state index contributed by atoms with van der Waals surface area (Å²) >= 11 is 0. The predicted octanol–water partition coefficient (Wildman–Crippen LogP) is 2.42. The minimum absolute atomic E-state index is 0.168. The average molecular weight is 297 g/mol. The Hall–Kier alpha value is -2.27. The van der Waals surface area contributed by atoms with Crippen LogP contribution >= 0.6 is 0 Å². The zero-order valence-corrected chi connectivity index (χ0v) is 12.5. The van der Waals surface area contributed by atoms with Gasteiger partial charge in [-0.1, -0.05) is 12.1 Å². The molecule has 0 radical (unpaired) electrons. The molecule has 5 heteroatoms. The molecule has 2 aromatic heterocycles. The molecule has 3 rings (SSSR count). The van der Waals surface area contributed by atoms with Crippen LogP contribution in [0.1, 0.15) is 35.7 Å². The number of aromatic nitrogens is 2. The van der Waals surface area contributed by atoms with Crippen molar-refractivity contribution in [2.45, 2.75) is 31.8 Å². The molecule has 5 nitrogen and oxygen atoms in total. The van der Waals surface area contributed by atoms with Crippen molar-refractivity contribution in [1.82, 2.24) is 14.9 Å². The number of likely N-dealkylation sites (tertiary alicyclic amines) is 1. The van der Waals surface area contributed by atoms with Gasteiger partial charge in [-0.3, -0.25) is 19.7 Å². The predicted molar refractivity (Wildman–Crippen MR) is 82.4 cm³/mol. The van der Waals surface area contributed by atoms with Crippen molar-refractivity contribution in [2.75, 3.05) is 6.54 Å². The molecule has 1 aliphatic rings. The molecular weight excluding hydrogens is 278 g/mol. The summed E-state index contributed by atoms with van der Waals surface area (Å²) < 4.78 is 0. The van der Waals surface area contributed by atoms with E-state index in [1.807, 2.05) is 36.1 Å². The van der Waals surface area contributed by atoms with Gasteiger partial charge in [0, 0.05) is 25.1 Å². The van der Waals surface area contributed by atoms with Crippen LogP contribution in [-0.4, -0.2) is 38.5 Å². The van der Waals surface area contributed by atoms with Crippen molar-refractivity contribution in [1.29, 1.82) is 0 Å². The summed E-state index contributed by atoms with van der Waals surface area (Å²) in [4.78, 5) is 22.4. The summed E-state index contributed by atoms with van der Waals surface area (Å²) in [6.07, 6.45) is 6.86. The molecule has 2 aromatic rings. The number of pyridine rings is 2. The minimum Gasteiger partial charge on any atom is -0.480 e. The topological polar surface area (TPSA) is 66.3 Å². The van der Waals surface area contributed by atoms with E-state index in [1.54, 1.807) is 18.6 Å². The van der Waals surface area contributed by atoms with Gasteiger partial charge in [0.15, 0.2) is 0 Å². The van der Waals surface area contributed by atoms with Gasteiger partial charge in [-0.2, -0.15) is 0 Å². The second kappa shape index (κ2) is 6.23. The Morgan fingerprint density at radius 2 is 2.18 bits per heavy atom. The van der Waals surface area contributed by atoms with E-state index < -0.39 is 12.0 Å². The van der Waals surface area contributed by atoms with Crippen LogP contribution < -0.4 is 0 Å². The Morgan fingerprint density at radius 1 is 1.36 bits per heavy atom. The van der Waals surface area contributed by atoms with E-state index in [0.29, 0.717) is 6.42 Å². The van der Waals surface area contributed by atoms with Gasteiger partial charge in [0.25, 0.3) is 0 Å². The molecule has 22 heavy (non-hydrogen) atoms. The third-order valence-electron chi connectivity index (χ3n) is 4.22. The summed E-state index contributed by atoms with van der Waals surface area (Å²) in [7, 11) is 0. The monoisotopic (exact) mass is 297 g/mol. The number of hydrogen-bond acceptors (Lipinski definition) is 4. The minimum atomic E-state index is -0.764. The first kappa shape index (κ1) is 14.7. The van der Waals surface area contributed by atoms with E-state index in [2.05, 4.69) is 9.97 Å². The molecule has 2 atom stereocenters. The second-order valence-corrected chi connectivity index (χ2v) is 5.63. The molecule has 2 unspecified atom stereocenters. The summed E-state index contributed by atoms with van der Waals surface area (Å²) in [6.45, 7) is 2.77. The maximum absolute atomic E-state index is 11.6. The molecule has 0 bridgehead atoms. The SMILES string of the molecule is Cc1cccnc1C(c1cccnc1)N1CCCC1C(=O)O. The van der Waals surface area contributed by atoms with Crippen LogP contribution in [0.3, 0.4) is 0 Å². The number of rotatable bonds is 4. The Bertz CT molecular complexity index is 660. The summed E-state index contributed by atoms with van der Waals surface area (Å²) in [6, 6.07) is 7.15. The number of nitrogens with zero attached hydrogens (tertiary/aromatic N) is 3. The van der Waals surface area contributed by atoms with Crippen LogP contribution in [0.4, 0.5) is 0 Å². The van der Waals surface area contributed by atoms with Crippen LogP contribution in [-0.2, 0) is 4.79 Å². The Balaban J connectivity index is 2.08. The van der Waals surface area contributed by atoms with Crippen molar-refractivity contribution in [3.8, 4) is 0 Å². The summed E-state index contributed by atoms with van der Waals surface area (Å²) in [5, 5.41) is 9.52. The fourth-order valence-corrected chi connectivity index (χ4v) is 3.19. The van der Waals surface area contributed by atoms with Crippen LogP contribution in [0.2, 0.25) is 0 Å². The molecule has 0 spiro atoms. The summed E-state index contributed by atoms with van der Waals surface area (Å²) in [5.41, 5.74) is 2.95. The molecule has 0 saturated carbocycles. The molecule has 1 saturated heterocycles. The van der Waals surface area contributed by atoms with Crippen LogP contribution in [0.15, 0.2) is 42.9 Å². The van der Waals surface area contributed by atoms with Gasteiger partial charge in [-0.05, 0) is 43.0 Å². The number of aliphatic carboxylic acids is 1. The van der Waals surface area contributed by atoms with Gasteiger partial charge in [0.1, 0.15) is 6.04 Å². The van der Waals surface area contributed by atoms with E-state index in [-0.39, 0.29) is 6.04 Å². The van der Waals surface area contributed by atoms with Gasteiger partial charge in [0.2, 0.25) is 0 Å². The van der Waals surface area contributed by atoms with Crippen molar-refractivity contribution >= 4 is 5.97 Å².